The van der Waals surface area contributed by atoms with Crippen molar-refractivity contribution in [3.8, 4) is 0 Å². The smallest absolute Gasteiger partial charge is 0.307 e. The highest BCUT2D eigenvalue weighted by Crippen LogP contribution is 2.38. The summed E-state index contributed by atoms with van der Waals surface area (Å²) in [6.07, 6.45) is 3.25. The molecule has 1 heterocycles. The Morgan fingerprint density at radius 1 is 1.05 bits per heavy atom. The molecule has 0 radical (unpaired) electrons. The van der Waals surface area contributed by atoms with Crippen molar-refractivity contribution in [2.75, 3.05) is 13.1 Å². The van der Waals surface area contributed by atoms with E-state index in [-0.39, 0.29) is 11.8 Å². The number of carbonyl (C=O) groups is 2. The van der Waals surface area contributed by atoms with Crippen molar-refractivity contribution in [3.63, 3.8) is 0 Å². The lowest BCUT2D eigenvalue weighted by atomic mass is 9.72. The molecule has 2 aliphatic rings. The van der Waals surface area contributed by atoms with Crippen LogP contribution in [0.3, 0.4) is 0 Å². The molecule has 4 nitrogen and oxygen atoms in total. The Bertz CT molecular complexity index is 581. The Morgan fingerprint density at radius 3 is 2.23 bits per heavy atom. The van der Waals surface area contributed by atoms with E-state index in [0.717, 1.165) is 36.8 Å². The predicted octanol–water partition coefficient (Wildman–Crippen LogP) is 3.27. The van der Waals surface area contributed by atoms with Crippen LogP contribution >= 0.6 is 15.9 Å². The van der Waals surface area contributed by atoms with Crippen LogP contribution in [-0.4, -0.2) is 35.0 Å². The molecular weight excluding hydrogens is 346 g/mol. The van der Waals surface area contributed by atoms with Gasteiger partial charge in [-0.15, -0.1) is 0 Å². The predicted molar refractivity (Wildman–Crippen MR) is 86.5 cm³/mol. The van der Waals surface area contributed by atoms with Crippen LogP contribution in [0.5, 0.6) is 0 Å². The second kappa shape index (κ2) is 6.41. The number of likely N-dealkylation sites (tertiary alicyclic amines) is 1. The summed E-state index contributed by atoms with van der Waals surface area (Å²) in [5, 5.41) is 9.10. The number of halogens is 1. The van der Waals surface area contributed by atoms with Gasteiger partial charge in [0.25, 0.3) is 0 Å². The van der Waals surface area contributed by atoms with Gasteiger partial charge in [0.1, 0.15) is 0 Å². The van der Waals surface area contributed by atoms with E-state index in [1.165, 1.54) is 5.56 Å². The maximum atomic E-state index is 12.5. The highest BCUT2D eigenvalue weighted by Gasteiger charge is 2.43. The standard InChI is InChI=1S/C17H20BrNO3/c18-15-4-2-1-3-12(15)11-7-9-19(10-8-11)16(20)13-5-6-14(13)17(21)22/h1-4,11,13-14H,5-10H2,(H,21,22). The SMILES string of the molecule is O=C(O)C1CCC1C(=O)N1CCC(c2ccccc2Br)CC1. The molecule has 1 amide bonds. The fourth-order valence-electron chi connectivity index (χ4n) is 3.54. The number of carboxylic acids is 1. The first kappa shape index (κ1) is 15.5. The monoisotopic (exact) mass is 365 g/mol. The number of benzene rings is 1. The second-order valence-corrected chi connectivity index (χ2v) is 7.10. The zero-order valence-corrected chi connectivity index (χ0v) is 14.0. The number of piperidine rings is 1. The summed E-state index contributed by atoms with van der Waals surface area (Å²) in [5.41, 5.74) is 1.31. The number of hydrogen-bond acceptors (Lipinski definition) is 2. The van der Waals surface area contributed by atoms with Gasteiger partial charge in [-0.3, -0.25) is 9.59 Å². The number of carboxylic acid groups (broad SMARTS) is 1. The first-order chi connectivity index (χ1) is 10.6. The molecule has 5 heteroatoms. The number of carbonyl (C=O) groups excluding carboxylic acids is 1. The molecule has 0 spiro atoms. The van der Waals surface area contributed by atoms with Gasteiger partial charge in [-0.05, 0) is 43.2 Å². The minimum absolute atomic E-state index is 0.0456. The zero-order chi connectivity index (χ0) is 15.7. The molecule has 118 valence electrons. The van der Waals surface area contributed by atoms with Crippen LogP contribution in [0.25, 0.3) is 0 Å². The van der Waals surface area contributed by atoms with Crippen LogP contribution in [0.2, 0.25) is 0 Å². The third-order valence-electron chi connectivity index (χ3n) is 5.06. The summed E-state index contributed by atoms with van der Waals surface area (Å²) in [6, 6.07) is 8.25. The van der Waals surface area contributed by atoms with Crippen LogP contribution in [0.15, 0.2) is 28.7 Å². The van der Waals surface area contributed by atoms with Gasteiger partial charge in [-0.1, -0.05) is 34.1 Å². The summed E-state index contributed by atoms with van der Waals surface area (Å²) in [5.74, 6) is -1.07. The summed E-state index contributed by atoms with van der Waals surface area (Å²) in [4.78, 5) is 25.4. The first-order valence-corrected chi connectivity index (χ1v) is 8.63. The molecule has 3 rings (SSSR count). The van der Waals surface area contributed by atoms with Crippen LogP contribution in [-0.2, 0) is 9.59 Å². The van der Waals surface area contributed by atoms with Crippen LogP contribution < -0.4 is 0 Å². The van der Waals surface area contributed by atoms with E-state index in [0.29, 0.717) is 12.3 Å². The molecule has 0 bridgehead atoms. The summed E-state index contributed by atoms with van der Waals surface area (Å²) < 4.78 is 1.13. The molecule has 1 aromatic rings. The Labute approximate surface area is 138 Å². The lowest BCUT2D eigenvalue weighted by molar-refractivity contribution is -0.157. The zero-order valence-electron chi connectivity index (χ0n) is 12.4. The highest BCUT2D eigenvalue weighted by molar-refractivity contribution is 9.10. The van der Waals surface area contributed by atoms with Gasteiger partial charge in [0.05, 0.1) is 11.8 Å². The minimum Gasteiger partial charge on any atom is -0.481 e. The van der Waals surface area contributed by atoms with E-state index in [1.807, 2.05) is 17.0 Å². The van der Waals surface area contributed by atoms with Gasteiger partial charge in [0, 0.05) is 17.6 Å². The van der Waals surface area contributed by atoms with E-state index < -0.39 is 11.9 Å². The van der Waals surface area contributed by atoms with Gasteiger partial charge < -0.3 is 10.0 Å². The van der Waals surface area contributed by atoms with Gasteiger partial charge in [0.15, 0.2) is 0 Å². The van der Waals surface area contributed by atoms with E-state index in [2.05, 4.69) is 28.1 Å². The number of nitrogens with zero attached hydrogens (tertiary/aromatic N) is 1. The number of hydrogen-bond donors (Lipinski definition) is 1. The minimum atomic E-state index is -0.826. The largest absolute Gasteiger partial charge is 0.481 e. The first-order valence-electron chi connectivity index (χ1n) is 7.84. The van der Waals surface area contributed by atoms with Crippen molar-refractivity contribution < 1.29 is 14.7 Å². The summed E-state index contributed by atoms with van der Waals surface area (Å²) >= 11 is 3.60. The second-order valence-electron chi connectivity index (χ2n) is 6.25. The lowest BCUT2D eigenvalue weighted by Gasteiger charge is -2.39. The molecular formula is C17H20BrNO3. The fourth-order valence-corrected chi connectivity index (χ4v) is 4.15. The number of amides is 1. The molecule has 22 heavy (non-hydrogen) atoms. The molecule has 0 aromatic heterocycles. The average Bonchev–Trinajstić information content (AvgIpc) is 2.46. The summed E-state index contributed by atoms with van der Waals surface area (Å²) in [6.45, 7) is 1.46. The van der Waals surface area contributed by atoms with Crippen molar-refractivity contribution in [2.45, 2.75) is 31.6 Å². The van der Waals surface area contributed by atoms with Crippen molar-refractivity contribution in [1.29, 1.82) is 0 Å². The quantitative estimate of drug-likeness (QED) is 0.893. The van der Waals surface area contributed by atoms with E-state index >= 15 is 0 Å². The third kappa shape index (κ3) is 2.91. The van der Waals surface area contributed by atoms with Crippen molar-refractivity contribution in [1.82, 2.24) is 4.90 Å². The number of rotatable bonds is 3. The molecule has 1 aromatic carbocycles. The normalized spacial score (nSPS) is 25.6. The van der Waals surface area contributed by atoms with Crippen molar-refractivity contribution in [3.05, 3.63) is 34.3 Å². The topological polar surface area (TPSA) is 57.6 Å². The summed E-state index contributed by atoms with van der Waals surface area (Å²) in [7, 11) is 0. The van der Waals surface area contributed by atoms with Gasteiger partial charge in [0.2, 0.25) is 5.91 Å². The Morgan fingerprint density at radius 2 is 1.68 bits per heavy atom. The van der Waals surface area contributed by atoms with Gasteiger partial charge in [-0.25, -0.2) is 0 Å². The number of aliphatic carboxylic acids is 1. The van der Waals surface area contributed by atoms with Crippen LogP contribution in [0.1, 0.15) is 37.2 Å². The molecule has 2 unspecified atom stereocenters. The molecule has 1 aliphatic carbocycles. The molecule has 2 atom stereocenters. The lowest BCUT2D eigenvalue weighted by Crippen LogP contribution is -2.48. The molecule has 1 aliphatic heterocycles. The van der Waals surface area contributed by atoms with Crippen LogP contribution in [0, 0.1) is 11.8 Å². The van der Waals surface area contributed by atoms with Crippen molar-refractivity contribution in [2.24, 2.45) is 11.8 Å². The molecule has 2 fully saturated rings. The molecule has 1 saturated heterocycles. The Kier molecular flexibility index (Phi) is 4.52. The molecule has 1 saturated carbocycles. The van der Waals surface area contributed by atoms with Crippen LogP contribution in [0.4, 0.5) is 0 Å². The Hall–Kier alpha value is -1.36. The average molecular weight is 366 g/mol. The fraction of sp³-hybridized carbons (Fsp3) is 0.529. The highest BCUT2D eigenvalue weighted by atomic mass is 79.9. The third-order valence-corrected chi connectivity index (χ3v) is 5.78. The van der Waals surface area contributed by atoms with E-state index in [9.17, 15) is 9.59 Å². The maximum Gasteiger partial charge on any atom is 0.307 e. The molecule has 1 N–H and O–H groups in total. The van der Waals surface area contributed by atoms with E-state index in [1.54, 1.807) is 0 Å². The Balaban J connectivity index is 1.59. The van der Waals surface area contributed by atoms with E-state index in [4.69, 9.17) is 5.11 Å². The van der Waals surface area contributed by atoms with Gasteiger partial charge >= 0.3 is 5.97 Å². The van der Waals surface area contributed by atoms with Gasteiger partial charge in [-0.2, -0.15) is 0 Å². The van der Waals surface area contributed by atoms with Crippen molar-refractivity contribution >= 4 is 27.8 Å². The maximum absolute atomic E-state index is 12.5.